The Morgan fingerprint density at radius 1 is 1.30 bits per heavy atom. The number of rotatable bonds is 1. The Labute approximate surface area is 113 Å². The molecule has 0 bridgehead atoms. The zero-order valence-corrected chi connectivity index (χ0v) is 11.3. The number of nitrogens with one attached hydrogen (secondary N) is 1. The van der Waals surface area contributed by atoms with Crippen LogP contribution < -0.4 is 11.2 Å². The van der Waals surface area contributed by atoms with E-state index in [4.69, 9.17) is 14.2 Å². The number of ether oxygens (including phenoxy) is 3. The van der Waals surface area contributed by atoms with E-state index in [0.29, 0.717) is 0 Å². The number of halogens is 1. The summed E-state index contributed by atoms with van der Waals surface area (Å²) in [5.74, 6) is -1.85. The summed E-state index contributed by atoms with van der Waals surface area (Å²) in [6.45, 7) is 5.30. The van der Waals surface area contributed by atoms with Gasteiger partial charge in [0, 0.05) is 0 Å². The van der Waals surface area contributed by atoms with Gasteiger partial charge in [-0.2, -0.15) is 4.39 Å². The average molecular weight is 286 g/mol. The standard InChI is InChI=1S/C12H15FN2O5/c1-5-7-8(20-12(2,3)19-7)10(18-5)15-4-6(13)9(16)14-11(15)17/h4-5,7-8,10H,1-3H3,(H,14,16,17). The first kappa shape index (κ1) is 13.5. The van der Waals surface area contributed by atoms with Gasteiger partial charge in [-0.1, -0.05) is 0 Å². The lowest BCUT2D eigenvalue weighted by molar-refractivity contribution is -0.195. The van der Waals surface area contributed by atoms with Gasteiger partial charge in [-0.15, -0.1) is 0 Å². The summed E-state index contributed by atoms with van der Waals surface area (Å²) in [5.41, 5.74) is -1.81. The number of fused-ring (bicyclic) bond motifs is 1. The summed E-state index contributed by atoms with van der Waals surface area (Å²) >= 11 is 0. The molecule has 1 aromatic heterocycles. The monoisotopic (exact) mass is 286 g/mol. The highest BCUT2D eigenvalue weighted by Crippen LogP contribution is 2.42. The maximum atomic E-state index is 13.4. The summed E-state index contributed by atoms with van der Waals surface area (Å²) < 4.78 is 31.4. The fourth-order valence-corrected chi connectivity index (χ4v) is 2.65. The Kier molecular flexibility index (Phi) is 2.86. The minimum absolute atomic E-state index is 0.311. The number of aromatic amines is 1. The summed E-state index contributed by atoms with van der Waals surface area (Å²) in [6.07, 6.45) is -1.21. The van der Waals surface area contributed by atoms with Crippen molar-refractivity contribution in [3.8, 4) is 0 Å². The third-order valence-corrected chi connectivity index (χ3v) is 3.46. The van der Waals surface area contributed by atoms with Gasteiger partial charge in [-0.3, -0.25) is 14.3 Å². The fourth-order valence-electron chi connectivity index (χ4n) is 2.65. The highest BCUT2D eigenvalue weighted by atomic mass is 19.1. The lowest BCUT2D eigenvalue weighted by Gasteiger charge is -2.23. The van der Waals surface area contributed by atoms with Crippen LogP contribution in [0, 0.1) is 5.82 Å². The highest BCUT2D eigenvalue weighted by molar-refractivity contribution is 4.98. The van der Waals surface area contributed by atoms with Crippen LogP contribution in [-0.4, -0.2) is 33.7 Å². The Morgan fingerprint density at radius 2 is 1.95 bits per heavy atom. The lowest BCUT2D eigenvalue weighted by Crippen LogP contribution is -2.38. The minimum atomic E-state index is -1.06. The second-order valence-electron chi connectivity index (χ2n) is 5.44. The molecule has 8 heteroatoms. The van der Waals surface area contributed by atoms with E-state index < -0.39 is 35.2 Å². The molecule has 2 aliphatic rings. The van der Waals surface area contributed by atoms with Crippen LogP contribution >= 0.6 is 0 Å². The Morgan fingerprint density at radius 3 is 2.65 bits per heavy atom. The van der Waals surface area contributed by atoms with Crippen LogP contribution in [0.1, 0.15) is 27.0 Å². The average Bonchev–Trinajstić information content (AvgIpc) is 2.80. The fraction of sp³-hybridized carbons (Fsp3) is 0.667. The minimum Gasteiger partial charge on any atom is -0.349 e. The Bertz CT molecular complexity index is 652. The second-order valence-corrected chi connectivity index (χ2v) is 5.44. The first-order valence-electron chi connectivity index (χ1n) is 6.30. The Hall–Kier alpha value is -1.51. The number of aromatic nitrogens is 2. The molecule has 110 valence electrons. The van der Waals surface area contributed by atoms with E-state index in [9.17, 15) is 14.0 Å². The number of nitrogens with zero attached hydrogens (tertiary/aromatic N) is 1. The van der Waals surface area contributed by atoms with E-state index in [-0.39, 0.29) is 12.2 Å². The van der Waals surface area contributed by atoms with E-state index in [1.165, 1.54) is 0 Å². The zero-order valence-electron chi connectivity index (χ0n) is 11.3. The maximum Gasteiger partial charge on any atom is 0.330 e. The molecular weight excluding hydrogens is 271 g/mol. The van der Waals surface area contributed by atoms with Gasteiger partial charge in [0.25, 0.3) is 5.56 Å². The van der Waals surface area contributed by atoms with Crippen LogP contribution in [0.15, 0.2) is 15.8 Å². The third-order valence-electron chi connectivity index (χ3n) is 3.46. The van der Waals surface area contributed by atoms with E-state index in [1.807, 2.05) is 4.98 Å². The topological polar surface area (TPSA) is 82.6 Å². The van der Waals surface area contributed by atoms with Gasteiger partial charge in [-0.25, -0.2) is 4.79 Å². The van der Waals surface area contributed by atoms with Gasteiger partial charge in [0.05, 0.1) is 12.3 Å². The van der Waals surface area contributed by atoms with Crippen molar-refractivity contribution in [1.82, 2.24) is 9.55 Å². The number of hydrogen-bond acceptors (Lipinski definition) is 5. The molecule has 0 spiro atoms. The molecule has 4 unspecified atom stereocenters. The largest absolute Gasteiger partial charge is 0.349 e. The first-order valence-corrected chi connectivity index (χ1v) is 6.30. The van der Waals surface area contributed by atoms with Crippen LogP contribution in [0.3, 0.4) is 0 Å². The molecule has 2 aliphatic heterocycles. The van der Waals surface area contributed by atoms with Crippen LogP contribution in [0.5, 0.6) is 0 Å². The highest BCUT2D eigenvalue weighted by Gasteiger charge is 2.54. The van der Waals surface area contributed by atoms with E-state index in [1.54, 1.807) is 20.8 Å². The normalized spacial score (nSPS) is 35.2. The predicted octanol–water partition coefficient (Wildman–Crippen LogP) is 0.113. The maximum absolute atomic E-state index is 13.4. The predicted molar refractivity (Wildman–Crippen MR) is 64.7 cm³/mol. The van der Waals surface area contributed by atoms with Crippen LogP contribution in [0.4, 0.5) is 4.39 Å². The van der Waals surface area contributed by atoms with Crippen molar-refractivity contribution in [2.45, 2.75) is 51.1 Å². The van der Waals surface area contributed by atoms with Gasteiger partial charge >= 0.3 is 5.69 Å². The molecule has 3 heterocycles. The summed E-state index contributed by atoms with van der Waals surface area (Å²) in [4.78, 5) is 24.8. The van der Waals surface area contributed by atoms with Gasteiger partial charge < -0.3 is 14.2 Å². The van der Waals surface area contributed by atoms with E-state index in [2.05, 4.69) is 0 Å². The van der Waals surface area contributed by atoms with Gasteiger partial charge in [-0.05, 0) is 20.8 Å². The molecule has 2 fully saturated rings. The second kappa shape index (κ2) is 4.24. The molecule has 4 atom stereocenters. The Balaban J connectivity index is 2.01. The lowest BCUT2D eigenvalue weighted by atomic mass is 10.1. The summed E-state index contributed by atoms with van der Waals surface area (Å²) in [5, 5.41) is 0. The quantitative estimate of drug-likeness (QED) is 0.792. The van der Waals surface area contributed by atoms with E-state index >= 15 is 0 Å². The van der Waals surface area contributed by atoms with Crippen LogP contribution in [-0.2, 0) is 14.2 Å². The van der Waals surface area contributed by atoms with Crippen molar-refractivity contribution in [3.05, 3.63) is 32.9 Å². The van der Waals surface area contributed by atoms with Crippen LogP contribution in [0.25, 0.3) is 0 Å². The van der Waals surface area contributed by atoms with Crippen molar-refractivity contribution in [2.24, 2.45) is 0 Å². The molecule has 0 aromatic carbocycles. The smallest absolute Gasteiger partial charge is 0.330 e. The number of H-pyrrole nitrogens is 1. The van der Waals surface area contributed by atoms with Gasteiger partial charge in [0.2, 0.25) is 5.82 Å². The van der Waals surface area contributed by atoms with Gasteiger partial charge in [0.1, 0.15) is 12.2 Å². The molecule has 0 amide bonds. The molecule has 0 saturated carbocycles. The van der Waals surface area contributed by atoms with Crippen molar-refractivity contribution < 1.29 is 18.6 Å². The summed E-state index contributed by atoms with van der Waals surface area (Å²) in [7, 11) is 0. The molecule has 1 aromatic rings. The molecule has 20 heavy (non-hydrogen) atoms. The molecular formula is C12H15FN2O5. The van der Waals surface area contributed by atoms with Gasteiger partial charge in [0.15, 0.2) is 12.0 Å². The molecule has 1 N–H and O–H groups in total. The van der Waals surface area contributed by atoms with Crippen molar-refractivity contribution >= 4 is 0 Å². The van der Waals surface area contributed by atoms with Crippen molar-refractivity contribution in [2.75, 3.05) is 0 Å². The first-order chi connectivity index (χ1) is 9.28. The van der Waals surface area contributed by atoms with E-state index in [0.717, 1.165) is 10.8 Å². The van der Waals surface area contributed by atoms with Crippen molar-refractivity contribution in [1.29, 1.82) is 0 Å². The molecule has 0 radical (unpaired) electrons. The van der Waals surface area contributed by atoms with Crippen molar-refractivity contribution in [3.63, 3.8) is 0 Å². The zero-order chi connectivity index (χ0) is 14.7. The molecule has 7 nitrogen and oxygen atoms in total. The summed E-state index contributed by atoms with van der Waals surface area (Å²) in [6, 6.07) is 0. The SMILES string of the molecule is CC1OC(n2cc(F)c(=O)[nH]c2=O)C2OC(C)(C)OC12. The molecule has 3 rings (SSSR count). The molecule has 2 saturated heterocycles. The van der Waals surface area contributed by atoms with Crippen LogP contribution in [0.2, 0.25) is 0 Å². The third kappa shape index (κ3) is 2.00. The molecule has 0 aliphatic carbocycles. The number of hydrogen-bond donors (Lipinski definition) is 1.